The molecule has 0 spiro atoms. The van der Waals surface area contributed by atoms with Crippen LogP contribution in [0, 0.1) is 12.7 Å². The lowest BCUT2D eigenvalue weighted by atomic mass is 9.86. The molecule has 0 bridgehead atoms. The van der Waals surface area contributed by atoms with E-state index < -0.39 is 0 Å². The predicted molar refractivity (Wildman–Crippen MR) is 94.1 cm³/mol. The maximum absolute atomic E-state index is 13.4. The van der Waals surface area contributed by atoms with Gasteiger partial charge in [0, 0.05) is 16.9 Å². The second-order valence-corrected chi connectivity index (χ2v) is 7.00. The molecule has 2 aromatic carbocycles. The highest BCUT2D eigenvalue weighted by Gasteiger charge is 2.28. The van der Waals surface area contributed by atoms with Crippen molar-refractivity contribution in [3.05, 3.63) is 69.4 Å². The van der Waals surface area contributed by atoms with Gasteiger partial charge in [0.1, 0.15) is 5.82 Å². The van der Waals surface area contributed by atoms with Crippen molar-refractivity contribution in [3.63, 3.8) is 0 Å². The number of hydrogen-bond donors (Lipinski definition) is 1. The van der Waals surface area contributed by atoms with Gasteiger partial charge in [-0.3, -0.25) is 0 Å². The summed E-state index contributed by atoms with van der Waals surface area (Å²) in [6.45, 7) is 4.40. The molecule has 2 nitrogen and oxygen atoms in total. The van der Waals surface area contributed by atoms with E-state index in [1.807, 2.05) is 25.1 Å². The Morgan fingerprint density at radius 1 is 1.26 bits per heavy atom. The fraction of sp³-hybridized carbons (Fsp3) is 0.368. The van der Waals surface area contributed by atoms with Gasteiger partial charge in [0.05, 0.1) is 12.7 Å². The first-order valence-corrected chi connectivity index (χ1v) is 8.75. The van der Waals surface area contributed by atoms with E-state index in [1.165, 1.54) is 5.56 Å². The highest BCUT2D eigenvalue weighted by atomic mass is 79.9. The van der Waals surface area contributed by atoms with Gasteiger partial charge in [0.15, 0.2) is 0 Å². The summed E-state index contributed by atoms with van der Waals surface area (Å²) in [5.74, 6) is 0.0816. The molecule has 1 saturated heterocycles. The number of benzene rings is 2. The number of piperidine rings is 1. The molecule has 1 heterocycles. The molecule has 1 aliphatic rings. The summed E-state index contributed by atoms with van der Waals surface area (Å²) < 4.78 is 20.7. The summed E-state index contributed by atoms with van der Waals surface area (Å²) in [6.07, 6.45) is 1.12. The number of halogens is 2. The van der Waals surface area contributed by atoms with Crippen molar-refractivity contribution in [2.45, 2.75) is 32.0 Å². The first-order chi connectivity index (χ1) is 11.1. The molecule has 2 atom stereocenters. The van der Waals surface area contributed by atoms with E-state index in [0.717, 1.165) is 35.1 Å². The van der Waals surface area contributed by atoms with Crippen molar-refractivity contribution < 1.29 is 9.13 Å². The van der Waals surface area contributed by atoms with Crippen molar-refractivity contribution in [3.8, 4) is 0 Å². The lowest BCUT2D eigenvalue weighted by Crippen LogP contribution is -2.40. The zero-order chi connectivity index (χ0) is 16.2. The Morgan fingerprint density at radius 2 is 2.13 bits per heavy atom. The van der Waals surface area contributed by atoms with Gasteiger partial charge in [0.25, 0.3) is 0 Å². The topological polar surface area (TPSA) is 21.3 Å². The van der Waals surface area contributed by atoms with E-state index >= 15 is 0 Å². The van der Waals surface area contributed by atoms with E-state index in [-0.39, 0.29) is 17.8 Å². The molecule has 1 aliphatic heterocycles. The Hall–Kier alpha value is -1.23. The lowest BCUT2D eigenvalue weighted by Gasteiger charge is -2.33. The Labute approximate surface area is 145 Å². The molecule has 0 amide bonds. The molecule has 2 unspecified atom stereocenters. The Morgan fingerprint density at radius 3 is 2.91 bits per heavy atom. The molecule has 23 heavy (non-hydrogen) atoms. The number of aryl methyl sites for hydroxylation is 1. The average Bonchev–Trinajstić information content (AvgIpc) is 2.54. The van der Waals surface area contributed by atoms with Crippen molar-refractivity contribution in [1.82, 2.24) is 5.32 Å². The van der Waals surface area contributed by atoms with Crippen LogP contribution in [0.5, 0.6) is 0 Å². The van der Waals surface area contributed by atoms with Crippen molar-refractivity contribution in [1.29, 1.82) is 0 Å². The van der Waals surface area contributed by atoms with Crippen LogP contribution in [0.4, 0.5) is 4.39 Å². The van der Waals surface area contributed by atoms with E-state index in [9.17, 15) is 4.39 Å². The second-order valence-electron chi connectivity index (χ2n) is 6.08. The van der Waals surface area contributed by atoms with Crippen LogP contribution in [0.3, 0.4) is 0 Å². The van der Waals surface area contributed by atoms with Gasteiger partial charge in [-0.1, -0.05) is 34.1 Å². The fourth-order valence-corrected chi connectivity index (χ4v) is 3.68. The minimum absolute atomic E-state index is 0.152. The zero-order valence-electron chi connectivity index (χ0n) is 13.2. The molecule has 3 rings (SSSR count). The molecule has 0 aromatic heterocycles. The molecule has 0 aliphatic carbocycles. The third-order valence-corrected chi connectivity index (χ3v) is 4.90. The van der Waals surface area contributed by atoms with Crippen LogP contribution in [-0.4, -0.2) is 19.2 Å². The predicted octanol–water partition coefficient (Wildman–Crippen LogP) is 4.56. The Kier molecular flexibility index (Phi) is 5.46. The lowest BCUT2D eigenvalue weighted by molar-refractivity contribution is 0.00675. The summed E-state index contributed by atoms with van der Waals surface area (Å²) in [6, 6.07) is 13.2. The molecule has 2 aromatic rings. The molecule has 0 saturated carbocycles. The SMILES string of the molecule is Cc1cc(F)ccc1C1CNCCC1OCc1cccc(Br)c1. The molecular weight excluding hydrogens is 357 g/mol. The summed E-state index contributed by atoms with van der Waals surface area (Å²) in [5.41, 5.74) is 3.33. The molecule has 122 valence electrons. The first-order valence-electron chi connectivity index (χ1n) is 7.96. The normalized spacial score (nSPS) is 21.3. The van der Waals surface area contributed by atoms with E-state index in [4.69, 9.17) is 4.74 Å². The number of nitrogens with one attached hydrogen (secondary N) is 1. The van der Waals surface area contributed by atoms with Crippen LogP contribution in [0.15, 0.2) is 46.9 Å². The summed E-state index contributed by atoms with van der Waals surface area (Å²) >= 11 is 3.49. The van der Waals surface area contributed by atoms with Gasteiger partial charge in [-0.05, 0) is 60.8 Å². The third-order valence-electron chi connectivity index (χ3n) is 4.40. The van der Waals surface area contributed by atoms with Gasteiger partial charge in [-0.2, -0.15) is 0 Å². The van der Waals surface area contributed by atoms with Crippen molar-refractivity contribution >= 4 is 15.9 Å². The smallest absolute Gasteiger partial charge is 0.123 e. The second kappa shape index (κ2) is 7.56. The summed E-state index contributed by atoms with van der Waals surface area (Å²) in [7, 11) is 0. The highest BCUT2D eigenvalue weighted by molar-refractivity contribution is 9.10. The van der Waals surface area contributed by atoms with Crippen LogP contribution in [-0.2, 0) is 11.3 Å². The molecule has 1 N–H and O–H groups in total. The maximum atomic E-state index is 13.4. The van der Waals surface area contributed by atoms with Crippen LogP contribution < -0.4 is 5.32 Å². The third kappa shape index (κ3) is 4.19. The van der Waals surface area contributed by atoms with Crippen LogP contribution in [0.2, 0.25) is 0 Å². The molecule has 4 heteroatoms. The van der Waals surface area contributed by atoms with Gasteiger partial charge >= 0.3 is 0 Å². The van der Waals surface area contributed by atoms with E-state index in [0.29, 0.717) is 6.61 Å². The van der Waals surface area contributed by atoms with Gasteiger partial charge in [-0.15, -0.1) is 0 Å². The highest BCUT2D eigenvalue weighted by Crippen LogP contribution is 2.30. The van der Waals surface area contributed by atoms with Crippen molar-refractivity contribution in [2.24, 2.45) is 0 Å². The molecular formula is C19H21BrFNO. The van der Waals surface area contributed by atoms with Crippen LogP contribution in [0.25, 0.3) is 0 Å². The first kappa shape index (κ1) is 16.6. The number of rotatable bonds is 4. The monoisotopic (exact) mass is 377 g/mol. The number of ether oxygens (including phenoxy) is 1. The van der Waals surface area contributed by atoms with E-state index in [2.05, 4.69) is 33.4 Å². The summed E-state index contributed by atoms with van der Waals surface area (Å²) in [5, 5.41) is 3.43. The van der Waals surface area contributed by atoms with Crippen LogP contribution in [0.1, 0.15) is 29.0 Å². The van der Waals surface area contributed by atoms with Gasteiger partial charge in [-0.25, -0.2) is 4.39 Å². The minimum atomic E-state index is -0.179. The van der Waals surface area contributed by atoms with Crippen molar-refractivity contribution in [2.75, 3.05) is 13.1 Å². The minimum Gasteiger partial charge on any atom is -0.373 e. The number of hydrogen-bond acceptors (Lipinski definition) is 2. The van der Waals surface area contributed by atoms with Gasteiger partial charge in [0.2, 0.25) is 0 Å². The molecule has 1 fully saturated rings. The summed E-state index contributed by atoms with van der Waals surface area (Å²) in [4.78, 5) is 0. The zero-order valence-corrected chi connectivity index (χ0v) is 14.8. The molecule has 0 radical (unpaired) electrons. The Balaban J connectivity index is 1.73. The largest absolute Gasteiger partial charge is 0.373 e. The standard InChI is InChI=1S/C19H21BrFNO/c1-13-9-16(21)5-6-17(13)18-11-22-8-7-19(18)23-12-14-3-2-4-15(20)10-14/h2-6,9-10,18-19,22H,7-8,11-12H2,1H3. The Bertz CT molecular complexity index is 676. The maximum Gasteiger partial charge on any atom is 0.123 e. The van der Waals surface area contributed by atoms with Crippen LogP contribution >= 0.6 is 15.9 Å². The van der Waals surface area contributed by atoms with Gasteiger partial charge < -0.3 is 10.1 Å². The average molecular weight is 378 g/mol. The quantitative estimate of drug-likeness (QED) is 0.842. The van der Waals surface area contributed by atoms with E-state index in [1.54, 1.807) is 12.1 Å². The fourth-order valence-electron chi connectivity index (χ4n) is 3.23.